The summed E-state index contributed by atoms with van der Waals surface area (Å²) in [6, 6.07) is 8.99. The molecule has 2 aromatic heterocycles. The lowest BCUT2D eigenvalue weighted by Gasteiger charge is -2.38. The molecule has 0 radical (unpaired) electrons. The third-order valence-electron chi connectivity index (χ3n) is 5.40. The van der Waals surface area contributed by atoms with Crippen molar-refractivity contribution in [3.63, 3.8) is 0 Å². The molecule has 0 aliphatic carbocycles. The van der Waals surface area contributed by atoms with E-state index in [1.807, 2.05) is 19.1 Å². The lowest BCUT2D eigenvalue weighted by atomic mass is 9.88. The van der Waals surface area contributed by atoms with E-state index in [2.05, 4.69) is 27.2 Å². The molecule has 3 N–H and O–H groups in total. The number of ether oxygens (including phenoxy) is 1. The number of rotatable bonds is 6. The first-order valence-electron chi connectivity index (χ1n) is 10.1. The van der Waals surface area contributed by atoms with E-state index in [0.717, 1.165) is 34.5 Å². The molecule has 7 nitrogen and oxygen atoms in total. The zero-order valence-corrected chi connectivity index (χ0v) is 18.2. The molecule has 1 amide bonds. The van der Waals surface area contributed by atoms with Gasteiger partial charge in [0.15, 0.2) is 0 Å². The highest BCUT2D eigenvalue weighted by Crippen LogP contribution is 2.34. The molecule has 0 bridgehead atoms. The molecular weight excluding hydrogens is 414 g/mol. The molecule has 1 aliphatic heterocycles. The number of carbonyl (C=O) groups is 1. The highest BCUT2D eigenvalue weighted by molar-refractivity contribution is 6.34. The second kappa shape index (κ2) is 8.61. The zero-order chi connectivity index (χ0) is 22.0. The number of hydrogen-bond acceptors (Lipinski definition) is 6. The number of nitrogens with two attached hydrogens (primary N) is 1. The number of amides is 1. The van der Waals surface area contributed by atoms with Gasteiger partial charge in [0.2, 0.25) is 0 Å². The van der Waals surface area contributed by atoms with Crippen molar-refractivity contribution in [1.82, 2.24) is 20.3 Å². The Bertz CT molecular complexity index is 1110. The van der Waals surface area contributed by atoms with Crippen molar-refractivity contribution in [3.8, 4) is 22.4 Å². The number of nitrogens with zero attached hydrogens (tertiary/aromatic N) is 3. The SMILES string of the molecule is CCc1ncnc(-c2ccc(C(=O)NCC3(C)COC3)c(Cl)c2)c1-c1ccc(N)nc1. The summed E-state index contributed by atoms with van der Waals surface area (Å²) in [6.45, 7) is 5.96. The van der Waals surface area contributed by atoms with Gasteiger partial charge in [-0.3, -0.25) is 4.79 Å². The molecule has 0 spiro atoms. The number of nitrogens with one attached hydrogen (secondary N) is 1. The number of pyridine rings is 1. The fraction of sp³-hybridized carbons (Fsp3) is 0.304. The Morgan fingerprint density at radius 3 is 2.58 bits per heavy atom. The van der Waals surface area contributed by atoms with Crippen LogP contribution in [0.25, 0.3) is 22.4 Å². The van der Waals surface area contributed by atoms with Crippen molar-refractivity contribution in [2.45, 2.75) is 20.3 Å². The summed E-state index contributed by atoms with van der Waals surface area (Å²) in [5, 5.41) is 3.32. The van der Waals surface area contributed by atoms with Gasteiger partial charge in [0.05, 0.1) is 35.2 Å². The number of benzene rings is 1. The molecule has 1 saturated heterocycles. The Labute approximate surface area is 186 Å². The lowest BCUT2D eigenvalue weighted by molar-refractivity contribution is -0.0978. The minimum Gasteiger partial charge on any atom is -0.384 e. The third kappa shape index (κ3) is 4.38. The Morgan fingerprint density at radius 2 is 1.97 bits per heavy atom. The van der Waals surface area contributed by atoms with Crippen LogP contribution in [0.1, 0.15) is 29.9 Å². The number of nitrogen functional groups attached to an aromatic ring is 1. The van der Waals surface area contributed by atoms with Crippen LogP contribution < -0.4 is 11.1 Å². The van der Waals surface area contributed by atoms with Crippen molar-refractivity contribution in [2.24, 2.45) is 5.41 Å². The molecule has 3 heterocycles. The molecule has 3 aromatic rings. The predicted octanol–water partition coefficient (Wildman–Crippen LogP) is 3.77. The fourth-order valence-corrected chi connectivity index (χ4v) is 3.82. The van der Waals surface area contributed by atoms with Crippen molar-refractivity contribution < 1.29 is 9.53 Å². The van der Waals surface area contributed by atoms with Gasteiger partial charge in [0, 0.05) is 34.8 Å². The standard InChI is InChI=1S/C23H24ClN5O2/c1-3-18-20(15-5-7-19(25)26-9-15)21(29-13-28-18)14-4-6-16(17(24)8-14)22(30)27-10-23(2)11-31-12-23/h4-9,13H,3,10-12H2,1-2H3,(H2,25,26)(H,27,30). The Hall–Kier alpha value is -3.03. The third-order valence-corrected chi connectivity index (χ3v) is 5.71. The quantitative estimate of drug-likeness (QED) is 0.608. The maximum atomic E-state index is 12.6. The molecule has 4 rings (SSSR count). The second-order valence-corrected chi connectivity index (χ2v) is 8.46. The Balaban J connectivity index is 1.66. The van der Waals surface area contributed by atoms with E-state index in [0.29, 0.717) is 36.2 Å². The first-order valence-corrected chi connectivity index (χ1v) is 10.5. The van der Waals surface area contributed by atoms with Crippen LogP contribution in [0.3, 0.4) is 0 Å². The summed E-state index contributed by atoms with van der Waals surface area (Å²) in [4.78, 5) is 25.8. The van der Waals surface area contributed by atoms with Crippen LogP contribution in [0.2, 0.25) is 5.02 Å². The van der Waals surface area contributed by atoms with Crippen molar-refractivity contribution in [1.29, 1.82) is 0 Å². The number of aryl methyl sites for hydroxylation is 1. The first-order chi connectivity index (χ1) is 14.9. The van der Waals surface area contributed by atoms with Gasteiger partial charge < -0.3 is 15.8 Å². The maximum absolute atomic E-state index is 12.6. The largest absolute Gasteiger partial charge is 0.384 e. The number of halogens is 1. The van der Waals surface area contributed by atoms with E-state index in [-0.39, 0.29) is 11.3 Å². The van der Waals surface area contributed by atoms with Crippen LogP contribution >= 0.6 is 11.6 Å². The Kier molecular flexibility index (Phi) is 5.89. The first kappa shape index (κ1) is 21.2. The number of anilines is 1. The van der Waals surface area contributed by atoms with Crippen LogP contribution in [0, 0.1) is 5.41 Å². The number of aromatic nitrogens is 3. The van der Waals surface area contributed by atoms with E-state index in [4.69, 9.17) is 22.1 Å². The van der Waals surface area contributed by atoms with Gasteiger partial charge in [-0.15, -0.1) is 0 Å². The molecule has 31 heavy (non-hydrogen) atoms. The Morgan fingerprint density at radius 1 is 1.19 bits per heavy atom. The second-order valence-electron chi connectivity index (χ2n) is 8.05. The summed E-state index contributed by atoms with van der Waals surface area (Å²) in [6.07, 6.45) is 3.98. The minimum absolute atomic E-state index is 0.0123. The average Bonchev–Trinajstić information content (AvgIpc) is 2.76. The van der Waals surface area contributed by atoms with Crippen LogP contribution in [0.5, 0.6) is 0 Å². The minimum atomic E-state index is -0.204. The summed E-state index contributed by atoms with van der Waals surface area (Å²) in [5.74, 6) is 0.241. The highest BCUT2D eigenvalue weighted by Gasteiger charge is 2.33. The smallest absolute Gasteiger partial charge is 0.252 e. The molecule has 1 aliphatic rings. The monoisotopic (exact) mass is 437 g/mol. The zero-order valence-electron chi connectivity index (χ0n) is 17.5. The molecule has 1 aromatic carbocycles. The molecule has 160 valence electrons. The number of carbonyl (C=O) groups excluding carboxylic acids is 1. The van der Waals surface area contributed by atoms with Crippen molar-refractivity contribution in [3.05, 3.63) is 59.1 Å². The van der Waals surface area contributed by atoms with Crippen LogP contribution in [0.15, 0.2) is 42.9 Å². The van der Waals surface area contributed by atoms with E-state index in [1.165, 1.54) is 6.33 Å². The average molecular weight is 438 g/mol. The predicted molar refractivity (Wildman–Crippen MR) is 121 cm³/mol. The van der Waals surface area contributed by atoms with Gasteiger partial charge in [-0.1, -0.05) is 31.5 Å². The highest BCUT2D eigenvalue weighted by atomic mass is 35.5. The molecule has 1 fully saturated rings. The van der Waals surface area contributed by atoms with Gasteiger partial charge in [-0.2, -0.15) is 0 Å². The van der Waals surface area contributed by atoms with Crippen molar-refractivity contribution >= 4 is 23.3 Å². The lowest BCUT2D eigenvalue weighted by Crippen LogP contribution is -2.48. The van der Waals surface area contributed by atoms with Crippen LogP contribution in [-0.2, 0) is 11.2 Å². The fourth-order valence-electron chi connectivity index (χ4n) is 3.55. The normalized spacial score (nSPS) is 14.7. The molecule has 0 atom stereocenters. The van der Waals surface area contributed by atoms with Gasteiger partial charge in [0.1, 0.15) is 12.1 Å². The van der Waals surface area contributed by atoms with E-state index >= 15 is 0 Å². The van der Waals surface area contributed by atoms with Gasteiger partial charge in [-0.25, -0.2) is 15.0 Å². The summed E-state index contributed by atoms with van der Waals surface area (Å²) in [7, 11) is 0. The van der Waals surface area contributed by atoms with Crippen LogP contribution in [-0.4, -0.2) is 40.6 Å². The van der Waals surface area contributed by atoms with E-state index < -0.39 is 0 Å². The molecule has 8 heteroatoms. The van der Waals surface area contributed by atoms with E-state index in [9.17, 15) is 4.79 Å². The molecular formula is C23H24ClN5O2. The van der Waals surface area contributed by atoms with E-state index in [1.54, 1.807) is 24.4 Å². The van der Waals surface area contributed by atoms with Gasteiger partial charge >= 0.3 is 0 Å². The van der Waals surface area contributed by atoms with Crippen LogP contribution in [0.4, 0.5) is 5.82 Å². The van der Waals surface area contributed by atoms with Crippen molar-refractivity contribution in [2.75, 3.05) is 25.5 Å². The topological polar surface area (TPSA) is 103 Å². The summed E-state index contributed by atoms with van der Waals surface area (Å²) >= 11 is 6.51. The summed E-state index contributed by atoms with van der Waals surface area (Å²) in [5.41, 5.74) is 10.3. The summed E-state index contributed by atoms with van der Waals surface area (Å²) < 4.78 is 5.24. The maximum Gasteiger partial charge on any atom is 0.252 e. The van der Waals surface area contributed by atoms with Gasteiger partial charge in [-0.05, 0) is 30.7 Å². The van der Waals surface area contributed by atoms with Gasteiger partial charge in [0.25, 0.3) is 5.91 Å². The molecule has 0 unspecified atom stereocenters. The number of hydrogen-bond donors (Lipinski definition) is 2. The molecule has 0 saturated carbocycles.